The first-order valence-electron chi connectivity index (χ1n) is 12.4. The summed E-state index contributed by atoms with van der Waals surface area (Å²) in [5.74, 6) is 2.25. The van der Waals surface area contributed by atoms with Crippen LogP contribution in [0.4, 0.5) is 5.82 Å². The molecular weight excluding hydrogens is 414 g/mol. The van der Waals surface area contributed by atoms with Gasteiger partial charge in [0.1, 0.15) is 11.5 Å². The highest BCUT2D eigenvalue weighted by molar-refractivity contribution is 5.93. The van der Waals surface area contributed by atoms with Gasteiger partial charge >= 0.3 is 0 Å². The topological polar surface area (TPSA) is 81.6 Å². The van der Waals surface area contributed by atoms with Crippen molar-refractivity contribution >= 4 is 11.7 Å². The van der Waals surface area contributed by atoms with Gasteiger partial charge in [0.2, 0.25) is 0 Å². The van der Waals surface area contributed by atoms with Crippen molar-refractivity contribution in [3.63, 3.8) is 0 Å². The summed E-state index contributed by atoms with van der Waals surface area (Å²) in [6.45, 7) is 4.62. The van der Waals surface area contributed by atoms with Crippen LogP contribution in [-0.2, 0) is 6.54 Å². The molecule has 7 heteroatoms. The molecule has 1 aliphatic heterocycles. The Morgan fingerprint density at radius 3 is 2.55 bits per heavy atom. The van der Waals surface area contributed by atoms with Gasteiger partial charge in [-0.2, -0.15) is 0 Å². The number of pyridine rings is 2. The van der Waals surface area contributed by atoms with E-state index in [-0.39, 0.29) is 11.9 Å². The fourth-order valence-electron chi connectivity index (χ4n) is 7.05. The fraction of sp³-hybridized carbons (Fsp3) is 0.577. The van der Waals surface area contributed by atoms with E-state index in [1.54, 1.807) is 0 Å². The summed E-state index contributed by atoms with van der Waals surface area (Å²) >= 11 is 0. The number of piperazine rings is 1. The van der Waals surface area contributed by atoms with E-state index in [1.165, 1.54) is 5.56 Å². The lowest BCUT2D eigenvalue weighted by molar-refractivity contribution is -0.136. The maximum Gasteiger partial charge on any atom is 0.270 e. The molecule has 1 saturated heterocycles. The summed E-state index contributed by atoms with van der Waals surface area (Å²) in [6, 6.07) is 10.0. The Kier molecular flexibility index (Phi) is 5.34. The smallest absolute Gasteiger partial charge is 0.270 e. The van der Waals surface area contributed by atoms with Crippen molar-refractivity contribution in [3.05, 3.63) is 54.0 Å². The van der Waals surface area contributed by atoms with E-state index >= 15 is 0 Å². The number of carbonyl (C=O) groups is 1. The molecule has 4 aliphatic carbocycles. The molecule has 5 fully saturated rings. The van der Waals surface area contributed by atoms with Crippen LogP contribution in [0.5, 0.6) is 0 Å². The zero-order valence-electron chi connectivity index (χ0n) is 19.1. The first-order chi connectivity index (χ1) is 16.0. The molecule has 174 valence electrons. The van der Waals surface area contributed by atoms with Gasteiger partial charge in [0, 0.05) is 51.2 Å². The minimum atomic E-state index is -0.477. The van der Waals surface area contributed by atoms with E-state index in [0.29, 0.717) is 23.4 Å². The van der Waals surface area contributed by atoms with Crippen LogP contribution in [0, 0.1) is 17.8 Å². The Hall–Kier alpha value is -2.51. The zero-order chi connectivity index (χ0) is 22.4. The SMILES string of the molecule is O=C(N[C@H]1C2CC3CC1C[C@](O)(C3)C2)c1cccc(N2CCN(Cc3cccnc3)CC2)n1. The van der Waals surface area contributed by atoms with Gasteiger partial charge in [-0.25, -0.2) is 4.98 Å². The molecule has 7 rings (SSSR count). The summed E-state index contributed by atoms with van der Waals surface area (Å²) < 4.78 is 0. The van der Waals surface area contributed by atoms with Crippen LogP contribution < -0.4 is 10.2 Å². The van der Waals surface area contributed by atoms with Crippen molar-refractivity contribution in [3.8, 4) is 0 Å². The summed E-state index contributed by atoms with van der Waals surface area (Å²) in [5.41, 5.74) is 1.26. The quantitative estimate of drug-likeness (QED) is 0.733. The number of anilines is 1. The van der Waals surface area contributed by atoms with Gasteiger partial charge in [-0.15, -0.1) is 0 Å². The number of hydrogen-bond donors (Lipinski definition) is 2. The molecule has 33 heavy (non-hydrogen) atoms. The van der Waals surface area contributed by atoms with Crippen molar-refractivity contribution in [1.82, 2.24) is 20.2 Å². The molecule has 2 N–H and O–H groups in total. The molecule has 2 aromatic rings. The molecule has 7 nitrogen and oxygen atoms in total. The highest BCUT2D eigenvalue weighted by Gasteiger charge is 2.55. The highest BCUT2D eigenvalue weighted by Crippen LogP contribution is 2.55. The van der Waals surface area contributed by atoms with E-state index in [4.69, 9.17) is 4.98 Å². The van der Waals surface area contributed by atoms with Crippen LogP contribution in [-0.4, -0.2) is 63.7 Å². The monoisotopic (exact) mass is 447 g/mol. The average molecular weight is 448 g/mol. The van der Waals surface area contributed by atoms with Gasteiger partial charge in [0.05, 0.1) is 5.60 Å². The average Bonchev–Trinajstić information content (AvgIpc) is 2.81. The van der Waals surface area contributed by atoms with E-state index in [1.807, 2.05) is 36.7 Å². The first kappa shape index (κ1) is 21.1. The Morgan fingerprint density at radius 1 is 1.06 bits per heavy atom. The number of aromatic nitrogens is 2. The summed E-state index contributed by atoms with van der Waals surface area (Å²) in [6.07, 6.45) is 8.65. The van der Waals surface area contributed by atoms with Gasteiger partial charge in [-0.1, -0.05) is 12.1 Å². The molecule has 1 amide bonds. The Bertz CT molecular complexity index is 991. The largest absolute Gasteiger partial charge is 0.390 e. The minimum absolute atomic E-state index is 0.0727. The van der Waals surface area contributed by atoms with Gasteiger partial charge in [-0.05, 0) is 73.6 Å². The third-order valence-corrected chi connectivity index (χ3v) is 8.33. The zero-order valence-corrected chi connectivity index (χ0v) is 19.1. The second-order valence-corrected chi connectivity index (χ2v) is 10.7. The number of carbonyl (C=O) groups excluding carboxylic acids is 1. The van der Waals surface area contributed by atoms with Crippen molar-refractivity contribution < 1.29 is 9.90 Å². The predicted molar refractivity (Wildman–Crippen MR) is 126 cm³/mol. The standard InChI is InChI=1S/C26H33N5O2/c32-25(29-24-20-11-19-12-21(24)15-26(33,13-19)14-20)22-4-1-5-23(28-22)31-9-7-30(8-10-31)17-18-3-2-6-27-16-18/h1-6,16,19-21,24,33H,7-15,17H2,(H,29,32)/t19?,20?,21?,24-,26-. The number of amides is 1. The normalized spacial score (nSPS) is 33.3. The Morgan fingerprint density at radius 2 is 1.85 bits per heavy atom. The lowest BCUT2D eigenvalue weighted by atomic mass is 9.52. The Balaban J connectivity index is 1.08. The summed E-state index contributed by atoms with van der Waals surface area (Å²) in [5, 5.41) is 14.1. The second kappa shape index (κ2) is 8.37. The third kappa shape index (κ3) is 4.24. The summed E-state index contributed by atoms with van der Waals surface area (Å²) in [4.78, 5) is 26.8. The van der Waals surface area contributed by atoms with Crippen molar-refractivity contribution in [1.29, 1.82) is 0 Å². The number of rotatable bonds is 5. The lowest BCUT2D eigenvalue weighted by Crippen LogP contribution is -2.61. The number of nitrogens with one attached hydrogen (secondary N) is 1. The van der Waals surface area contributed by atoms with Crippen LogP contribution in [0.2, 0.25) is 0 Å². The van der Waals surface area contributed by atoms with Crippen LogP contribution in [0.1, 0.15) is 48.2 Å². The maximum absolute atomic E-state index is 13.1. The Labute approximate surface area is 195 Å². The molecule has 2 atom stereocenters. The molecule has 4 saturated carbocycles. The highest BCUT2D eigenvalue weighted by atomic mass is 16.3. The van der Waals surface area contributed by atoms with E-state index in [9.17, 15) is 9.90 Å². The molecule has 0 aromatic carbocycles. The van der Waals surface area contributed by atoms with E-state index < -0.39 is 5.60 Å². The first-order valence-corrected chi connectivity index (χ1v) is 12.4. The fourth-order valence-corrected chi connectivity index (χ4v) is 7.05. The summed E-state index contributed by atoms with van der Waals surface area (Å²) in [7, 11) is 0. The third-order valence-electron chi connectivity index (χ3n) is 8.33. The minimum Gasteiger partial charge on any atom is -0.390 e. The lowest BCUT2D eigenvalue weighted by Gasteiger charge is -2.58. The number of nitrogens with zero attached hydrogens (tertiary/aromatic N) is 4. The molecule has 2 unspecified atom stereocenters. The molecule has 0 spiro atoms. The van der Waals surface area contributed by atoms with Crippen LogP contribution in [0.3, 0.4) is 0 Å². The molecule has 3 heterocycles. The second-order valence-electron chi connectivity index (χ2n) is 10.7. The predicted octanol–water partition coefficient (Wildman–Crippen LogP) is 2.47. The molecular formula is C26H33N5O2. The number of hydrogen-bond acceptors (Lipinski definition) is 6. The molecule has 5 aliphatic rings. The van der Waals surface area contributed by atoms with E-state index in [2.05, 4.69) is 26.2 Å². The molecule has 0 radical (unpaired) electrons. The van der Waals surface area contributed by atoms with Gasteiger partial charge in [0.15, 0.2) is 0 Å². The molecule has 4 bridgehead atoms. The maximum atomic E-state index is 13.1. The van der Waals surface area contributed by atoms with Crippen molar-refractivity contribution in [2.75, 3.05) is 31.1 Å². The van der Waals surface area contributed by atoms with E-state index in [0.717, 1.165) is 70.6 Å². The van der Waals surface area contributed by atoms with Gasteiger partial charge in [0.25, 0.3) is 5.91 Å². The van der Waals surface area contributed by atoms with Gasteiger partial charge in [-0.3, -0.25) is 14.7 Å². The van der Waals surface area contributed by atoms with Crippen molar-refractivity contribution in [2.24, 2.45) is 17.8 Å². The van der Waals surface area contributed by atoms with Crippen LogP contribution in [0.25, 0.3) is 0 Å². The number of aliphatic hydroxyl groups is 1. The van der Waals surface area contributed by atoms with Crippen LogP contribution in [0.15, 0.2) is 42.7 Å². The van der Waals surface area contributed by atoms with Crippen LogP contribution >= 0.6 is 0 Å². The molecule has 2 aromatic heterocycles. The van der Waals surface area contributed by atoms with Gasteiger partial charge < -0.3 is 15.3 Å². The van der Waals surface area contributed by atoms with Crippen molar-refractivity contribution in [2.45, 2.75) is 50.3 Å².